The monoisotopic (exact) mass is 247 g/mol. The van der Waals surface area contributed by atoms with Gasteiger partial charge in [0.1, 0.15) is 0 Å². The van der Waals surface area contributed by atoms with E-state index in [2.05, 4.69) is 18.7 Å². The molecule has 10 heavy (non-hydrogen) atoms. The van der Waals surface area contributed by atoms with E-state index in [1.165, 1.54) is 48.5 Å². The molecule has 1 aliphatic heterocycles. The summed E-state index contributed by atoms with van der Waals surface area (Å²) in [6.07, 6.45) is 2.92. The van der Waals surface area contributed by atoms with E-state index in [-0.39, 0.29) is 0 Å². The summed E-state index contributed by atoms with van der Waals surface area (Å²) in [5.74, 6) is 0. The Kier molecular flexibility index (Phi) is 3.50. The molecule has 1 saturated heterocycles. The van der Waals surface area contributed by atoms with Crippen LogP contribution in [0.4, 0.5) is 0 Å². The zero-order valence-corrected chi connectivity index (χ0v) is 10.3. The zero-order chi connectivity index (χ0) is 7.56. The summed E-state index contributed by atoms with van der Waals surface area (Å²) >= 11 is 1.47. The van der Waals surface area contributed by atoms with Crippen LogP contribution in [0.5, 0.6) is 0 Å². The van der Waals surface area contributed by atoms with Gasteiger partial charge in [-0.3, -0.25) is 0 Å². The van der Waals surface area contributed by atoms with Crippen LogP contribution in [0, 0.1) is 0 Å². The van der Waals surface area contributed by atoms with Crippen molar-refractivity contribution in [2.24, 2.45) is 0 Å². The maximum atomic E-state index is 2.59. The van der Waals surface area contributed by atoms with E-state index in [0.29, 0.717) is 0 Å². The Balaban J connectivity index is 2.26. The quantitative estimate of drug-likeness (QED) is 0.628. The number of likely N-dealkylation sites (tertiary alicyclic amines) is 1. The van der Waals surface area contributed by atoms with Crippen LogP contribution in [-0.2, 0) is 0 Å². The Labute approximate surface area is 77.3 Å². The fraction of sp³-hybridized carbons (Fsp3) is 1.00. The molecule has 1 rings (SSSR count). The SMILES string of the molecule is CC(C)N1CC[CH]([SnH])CC1. The van der Waals surface area contributed by atoms with Crippen LogP contribution in [-0.4, -0.2) is 46.6 Å². The minimum atomic E-state index is 0.771. The van der Waals surface area contributed by atoms with Gasteiger partial charge in [0, 0.05) is 0 Å². The molecule has 1 aliphatic rings. The average molecular weight is 246 g/mol. The number of nitrogens with zero attached hydrogens (tertiary/aromatic N) is 1. The number of rotatable bonds is 1. The van der Waals surface area contributed by atoms with Gasteiger partial charge in [-0.15, -0.1) is 0 Å². The number of hydrogen-bond donors (Lipinski definition) is 0. The van der Waals surface area contributed by atoms with Crippen LogP contribution in [0.25, 0.3) is 0 Å². The Morgan fingerprint density at radius 1 is 1.30 bits per heavy atom. The maximum absolute atomic E-state index is 2.59. The van der Waals surface area contributed by atoms with Crippen molar-refractivity contribution < 1.29 is 0 Å². The van der Waals surface area contributed by atoms with E-state index in [1.54, 1.807) is 0 Å². The molecule has 1 fully saturated rings. The summed E-state index contributed by atoms with van der Waals surface area (Å²) in [7, 11) is 0. The van der Waals surface area contributed by atoms with E-state index < -0.39 is 0 Å². The number of hydrogen-bond acceptors (Lipinski definition) is 1. The van der Waals surface area contributed by atoms with Gasteiger partial charge in [0.15, 0.2) is 0 Å². The van der Waals surface area contributed by atoms with Crippen molar-refractivity contribution in [2.75, 3.05) is 13.1 Å². The van der Waals surface area contributed by atoms with Crippen LogP contribution in [0.2, 0.25) is 3.93 Å². The molecule has 0 aliphatic carbocycles. The summed E-state index contributed by atoms with van der Waals surface area (Å²) < 4.78 is 1.10. The molecule has 0 amide bonds. The van der Waals surface area contributed by atoms with E-state index in [0.717, 1.165) is 9.98 Å². The van der Waals surface area contributed by atoms with Gasteiger partial charge in [-0.05, 0) is 0 Å². The fourth-order valence-electron chi connectivity index (χ4n) is 1.44. The molecule has 1 heterocycles. The van der Waals surface area contributed by atoms with Crippen LogP contribution in [0.3, 0.4) is 0 Å². The van der Waals surface area contributed by atoms with Crippen molar-refractivity contribution >= 4 is 22.5 Å². The third-order valence-corrected chi connectivity index (χ3v) is 4.21. The van der Waals surface area contributed by atoms with Crippen molar-refractivity contribution in [1.29, 1.82) is 0 Å². The molecule has 0 aromatic carbocycles. The minimum absolute atomic E-state index is 0.771. The van der Waals surface area contributed by atoms with Gasteiger partial charge < -0.3 is 0 Å². The summed E-state index contributed by atoms with van der Waals surface area (Å²) in [6.45, 7) is 7.30. The molecule has 2 heteroatoms. The molecule has 0 N–H and O–H groups in total. The molecular formula is C8H17NSn. The van der Waals surface area contributed by atoms with Crippen molar-refractivity contribution in [2.45, 2.75) is 36.7 Å². The normalized spacial score (nSPS) is 24.0. The second kappa shape index (κ2) is 3.95. The van der Waals surface area contributed by atoms with Crippen LogP contribution >= 0.6 is 0 Å². The second-order valence-corrected chi connectivity index (χ2v) is 6.16. The predicted molar refractivity (Wildman–Crippen MR) is 46.8 cm³/mol. The molecule has 2 radical (unpaired) electrons. The van der Waals surface area contributed by atoms with E-state index in [9.17, 15) is 0 Å². The Morgan fingerprint density at radius 3 is 2.20 bits per heavy atom. The summed E-state index contributed by atoms with van der Waals surface area (Å²) in [6, 6.07) is 0.771. The van der Waals surface area contributed by atoms with Gasteiger partial charge in [-0.2, -0.15) is 0 Å². The third kappa shape index (κ3) is 2.42. The molecule has 0 aromatic rings. The van der Waals surface area contributed by atoms with Crippen LogP contribution in [0.15, 0.2) is 0 Å². The summed E-state index contributed by atoms with van der Waals surface area (Å²) in [4.78, 5) is 2.59. The average Bonchev–Trinajstić information content (AvgIpc) is 1.88. The van der Waals surface area contributed by atoms with Gasteiger partial charge in [0.2, 0.25) is 0 Å². The first kappa shape index (κ1) is 8.85. The molecule has 1 nitrogen and oxygen atoms in total. The van der Waals surface area contributed by atoms with Crippen molar-refractivity contribution in [3.8, 4) is 0 Å². The van der Waals surface area contributed by atoms with Crippen molar-refractivity contribution in [1.82, 2.24) is 4.90 Å². The fourth-order valence-corrected chi connectivity index (χ4v) is 2.29. The van der Waals surface area contributed by atoms with Crippen LogP contribution < -0.4 is 0 Å². The van der Waals surface area contributed by atoms with Gasteiger partial charge in [0.25, 0.3) is 0 Å². The van der Waals surface area contributed by atoms with Gasteiger partial charge in [0.05, 0.1) is 0 Å². The van der Waals surface area contributed by atoms with Gasteiger partial charge >= 0.3 is 77.2 Å². The third-order valence-electron chi connectivity index (χ3n) is 2.30. The van der Waals surface area contributed by atoms with E-state index in [4.69, 9.17) is 0 Å². The van der Waals surface area contributed by atoms with E-state index in [1.807, 2.05) is 0 Å². The van der Waals surface area contributed by atoms with E-state index >= 15 is 0 Å². The molecule has 0 aromatic heterocycles. The Hall–Kier alpha value is 0.759. The molecule has 0 atom stereocenters. The summed E-state index contributed by atoms with van der Waals surface area (Å²) in [5, 5.41) is 0. The van der Waals surface area contributed by atoms with Gasteiger partial charge in [-0.25, -0.2) is 0 Å². The molecule has 0 saturated carbocycles. The van der Waals surface area contributed by atoms with Gasteiger partial charge in [-0.1, -0.05) is 0 Å². The molecule has 0 spiro atoms. The van der Waals surface area contributed by atoms with Crippen LogP contribution in [0.1, 0.15) is 26.7 Å². The van der Waals surface area contributed by atoms with Crippen molar-refractivity contribution in [3.05, 3.63) is 0 Å². The molecule has 0 unspecified atom stereocenters. The molecule has 0 bridgehead atoms. The standard InChI is InChI=1S/C8H16N.Sn.H/c1-8(2)9-6-4-3-5-7-9;;/h3,8H,4-7H2,1-2H3;;. The Bertz CT molecular complexity index is 95.4. The first-order chi connectivity index (χ1) is 4.70. The predicted octanol–water partition coefficient (Wildman–Crippen LogP) is 1.18. The first-order valence-electron chi connectivity index (χ1n) is 4.20. The molecular weight excluding hydrogens is 229 g/mol. The summed E-state index contributed by atoms with van der Waals surface area (Å²) in [5.41, 5.74) is 0. The first-order valence-corrected chi connectivity index (χ1v) is 6.10. The second-order valence-electron chi connectivity index (χ2n) is 3.47. The van der Waals surface area contributed by atoms with Crippen molar-refractivity contribution in [3.63, 3.8) is 0 Å². The molecule has 58 valence electrons. The zero-order valence-electron chi connectivity index (χ0n) is 7.01. The topological polar surface area (TPSA) is 3.24 Å². The number of piperidine rings is 1. The Morgan fingerprint density at radius 2 is 1.80 bits per heavy atom.